The number of benzene rings is 2. The minimum Gasteiger partial charge on any atom is -0.486 e. The van der Waals surface area contributed by atoms with Crippen LogP contribution in [0.25, 0.3) is 11.3 Å². The highest BCUT2D eigenvalue weighted by atomic mass is 16.5. The molecule has 26 heavy (non-hydrogen) atoms. The average molecular weight is 346 g/mol. The van der Waals surface area contributed by atoms with Gasteiger partial charge in [0.05, 0.1) is 5.69 Å². The molecule has 0 unspecified atom stereocenters. The summed E-state index contributed by atoms with van der Waals surface area (Å²) in [5.41, 5.74) is 2.04. The molecule has 0 spiro atoms. The number of hydrogen-bond donors (Lipinski definition) is 1. The predicted molar refractivity (Wildman–Crippen MR) is 98.1 cm³/mol. The van der Waals surface area contributed by atoms with Gasteiger partial charge in [0.1, 0.15) is 29.7 Å². The molecule has 1 N–H and O–H groups in total. The van der Waals surface area contributed by atoms with Gasteiger partial charge in [0.15, 0.2) is 0 Å². The zero-order valence-electron chi connectivity index (χ0n) is 14.3. The van der Waals surface area contributed by atoms with Crippen LogP contribution in [0.1, 0.15) is 5.82 Å². The van der Waals surface area contributed by atoms with E-state index in [1.165, 1.54) is 0 Å². The SMILES string of the molecule is Cn1ccnc1COc1ccc(Oc2ccc(-c3ccn[nH]3)cc2)cc1. The third-order valence-corrected chi connectivity index (χ3v) is 4.01. The van der Waals surface area contributed by atoms with Crippen molar-refractivity contribution in [1.29, 1.82) is 0 Å². The van der Waals surface area contributed by atoms with E-state index < -0.39 is 0 Å². The molecule has 2 heterocycles. The first-order valence-corrected chi connectivity index (χ1v) is 8.25. The van der Waals surface area contributed by atoms with Gasteiger partial charge in [-0.25, -0.2) is 4.98 Å². The molecule has 0 fully saturated rings. The second-order valence-corrected chi connectivity index (χ2v) is 5.81. The van der Waals surface area contributed by atoms with E-state index in [4.69, 9.17) is 9.47 Å². The standard InChI is InChI=1S/C20H18N4O2/c1-24-13-12-21-20(24)14-25-16-6-8-18(9-7-16)26-17-4-2-15(3-5-17)19-10-11-22-23-19/h2-13H,14H2,1H3,(H,22,23). The minimum absolute atomic E-state index is 0.429. The molecular weight excluding hydrogens is 328 g/mol. The lowest BCUT2D eigenvalue weighted by atomic mass is 10.1. The number of aryl methyl sites for hydroxylation is 1. The Morgan fingerprint density at radius 1 is 0.885 bits per heavy atom. The first kappa shape index (κ1) is 16.0. The number of H-pyrrole nitrogens is 1. The van der Waals surface area contributed by atoms with Crippen LogP contribution in [-0.4, -0.2) is 19.7 Å². The number of aromatic nitrogens is 4. The minimum atomic E-state index is 0.429. The number of nitrogens with one attached hydrogen (secondary N) is 1. The summed E-state index contributed by atoms with van der Waals surface area (Å²) in [4.78, 5) is 4.24. The van der Waals surface area contributed by atoms with Crippen LogP contribution >= 0.6 is 0 Å². The highest BCUT2D eigenvalue weighted by Gasteiger charge is 2.03. The van der Waals surface area contributed by atoms with Gasteiger partial charge >= 0.3 is 0 Å². The molecule has 2 aromatic carbocycles. The van der Waals surface area contributed by atoms with Crippen LogP contribution in [0.15, 0.2) is 73.2 Å². The number of rotatable bonds is 6. The van der Waals surface area contributed by atoms with Crippen molar-refractivity contribution in [2.75, 3.05) is 0 Å². The lowest BCUT2D eigenvalue weighted by Gasteiger charge is -2.09. The second-order valence-electron chi connectivity index (χ2n) is 5.81. The number of imidazole rings is 1. The molecule has 0 atom stereocenters. The molecule has 0 amide bonds. The summed E-state index contributed by atoms with van der Waals surface area (Å²) < 4.78 is 13.6. The Morgan fingerprint density at radius 3 is 2.19 bits per heavy atom. The van der Waals surface area contributed by atoms with Gasteiger partial charge in [-0.2, -0.15) is 5.10 Å². The van der Waals surface area contributed by atoms with Gasteiger partial charge in [-0.05, 0) is 60.2 Å². The van der Waals surface area contributed by atoms with Crippen molar-refractivity contribution in [3.05, 3.63) is 79.0 Å². The molecule has 0 saturated carbocycles. The van der Waals surface area contributed by atoms with Crippen LogP contribution in [0.3, 0.4) is 0 Å². The van der Waals surface area contributed by atoms with Crippen molar-refractivity contribution < 1.29 is 9.47 Å². The summed E-state index contributed by atoms with van der Waals surface area (Å²) in [6.45, 7) is 0.429. The fourth-order valence-corrected chi connectivity index (χ4v) is 2.54. The maximum Gasteiger partial charge on any atom is 0.146 e. The summed E-state index contributed by atoms with van der Waals surface area (Å²) in [6, 6.07) is 17.3. The number of ether oxygens (including phenoxy) is 2. The molecule has 0 aliphatic rings. The van der Waals surface area contributed by atoms with Crippen LogP contribution in [0.5, 0.6) is 17.2 Å². The van der Waals surface area contributed by atoms with E-state index in [9.17, 15) is 0 Å². The van der Waals surface area contributed by atoms with Crippen LogP contribution in [0.4, 0.5) is 0 Å². The molecule has 0 saturated heterocycles. The smallest absolute Gasteiger partial charge is 0.146 e. The van der Waals surface area contributed by atoms with E-state index in [1.807, 2.05) is 72.4 Å². The summed E-state index contributed by atoms with van der Waals surface area (Å²) in [6.07, 6.45) is 5.39. The molecule has 0 aliphatic heterocycles. The molecule has 4 rings (SSSR count). The summed E-state index contributed by atoms with van der Waals surface area (Å²) in [5.74, 6) is 3.18. The van der Waals surface area contributed by atoms with Gasteiger partial charge in [-0.1, -0.05) is 0 Å². The molecular formula is C20H18N4O2. The van der Waals surface area contributed by atoms with Crippen molar-refractivity contribution in [3.63, 3.8) is 0 Å². The highest BCUT2D eigenvalue weighted by Crippen LogP contribution is 2.26. The van der Waals surface area contributed by atoms with E-state index >= 15 is 0 Å². The lowest BCUT2D eigenvalue weighted by molar-refractivity contribution is 0.291. The highest BCUT2D eigenvalue weighted by molar-refractivity contribution is 5.59. The van der Waals surface area contributed by atoms with Crippen LogP contribution < -0.4 is 9.47 Å². The zero-order chi connectivity index (χ0) is 17.8. The second kappa shape index (κ2) is 7.14. The van der Waals surface area contributed by atoms with E-state index in [0.29, 0.717) is 6.61 Å². The van der Waals surface area contributed by atoms with Crippen LogP contribution in [0, 0.1) is 0 Å². The first-order chi connectivity index (χ1) is 12.8. The Bertz CT molecular complexity index is 958. The van der Waals surface area contributed by atoms with Crippen molar-refractivity contribution >= 4 is 0 Å². The van der Waals surface area contributed by atoms with Crippen molar-refractivity contribution in [2.45, 2.75) is 6.61 Å². The average Bonchev–Trinajstić information content (AvgIpc) is 3.34. The van der Waals surface area contributed by atoms with Crippen LogP contribution in [-0.2, 0) is 13.7 Å². The number of nitrogens with zero attached hydrogens (tertiary/aromatic N) is 3. The normalized spacial score (nSPS) is 10.7. The first-order valence-electron chi connectivity index (χ1n) is 8.25. The number of hydrogen-bond acceptors (Lipinski definition) is 4. The van der Waals surface area contributed by atoms with E-state index in [0.717, 1.165) is 34.3 Å². The maximum atomic E-state index is 5.88. The van der Waals surface area contributed by atoms with Gasteiger partial charge in [-0.3, -0.25) is 5.10 Å². The van der Waals surface area contributed by atoms with Gasteiger partial charge in [0, 0.05) is 25.6 Å². The Morgan fingerprint density at radius 2 is 1.58 bits per heavy atom. The lowest BCUT2D eigenvalue weighted by Crippen LogP contribution is -2.02. The topological polar surface area (TPSA) is 65.0 Å². The maximum absolute atomic E-state index is 5.88. The summed E-state index contributed by atoms with van der Waals surface area (Å²) in [7, 11) is 1.94. The van der Waals surface area contributed by atoms with Gasteiger partial charge < -0.3 is 14.0 Å². The molecule has 2 aromatic heterocycles. The van der Waals surface area contributed by atoms with Gasteiger partial charge in [-0.15, -0.1) is 0 Å². The molecule has 6 nitrogen and oxygen atoms in total. The Labute approximate surface area is 151 Å². The van der Waals surface area contributed by atoms with Crippen molar-refractivity contribution in [2.24, 2.45) is 7.05 Å². The molecule has 0 aliphatic carbocycles. The summed E-state index contributed by atoms with van der Waals surface area (Å²) >= 11 is 0. The quantitative estimate of drug-likeness (QED) is 0.569. The van der Waals surface area contributed by atoms with Crippen LogP contribution in [0.2, 0.25) is 0 Å². The largest absolute Gasteiger partial charge is 0.486 e. The third-order valence-electron chi connectivity index (χ3n) is 4.01. The number of aromatic amines is 1. The van der Waals surface area contributed by atoms with E-state index in [1.54, 1.807) is 12.4 Å². The molecule has 4 aromatic rings. The predicted octanol–water partition coefficient (Wildman–Crippen LogP) is 4.18. The van der Waals surface area contributed by atoms with Gasteiger partial charge in [0.2, 0.25) is 0 Å². The van der Waals surface area contributed by atoms with E-state index in [2.05, 4.69) is 15.2 Å². The van der Waals surface area contributed by atoms with Gasteiger partial charge in [0.25, 0.3) is 0 Å². The monoisotopic (exact) mass is 346 g/mol. The Balaban J connectivity index is 1.37. The molecule has 130 valence electrons. The fraction of sp³-hybridized carbons (Fsp3) is 0.100. The Kier molecular flexibility index (Phi) is 4.38. The summed E-state index contributed by atoms with van der Waals surface area (Å²) in [5, 5.41) is 6.90. The zero-order valence-corrected chi connectivity index (χ0v) is 14.3. The third kappa shape index (κ3) is 3.59. The fourth-order valence-electron chi connectivity index (χ4n) is 2.54. The van der Waals surface area contributed by atoms with Crippen molar-refractivity contribution in [1.82, 2.24) is 19.7 Å². The molecule has 0 radical (unpaired) electrons. The molecule has 6 heteroatoms. The van der Waals surface area contributed by atoms with Crippen molar-refractivity contribution in [3.8, 4) is 28.5 Å². The van der Waals surface area contributed by atoms with E-state index in [-0.39, 0.29) is 0 Å². The Hall–Kier alpha value is -3.54. The molecule has 0 bridgehead atoms.